The molecule has 0 saturated heterocycles. The molecule has 0 amide bonds. The van der Waals surface area contributed by atoms with Gasteiger partial charge in [-0.1, -0.05) is 12.1 Å². The van der Waals surface area contributed by atoms with E-state index < -0.39 is 0 Å². The van der Waals surface area contributed by atoms with Crippen LogP contribution in [0.5, 0.6) is 0 Å². The van der Waals surface area contributed by atoms with Crippen molar-refractivity contribution in [2.45, 2.75) is 51.4 Å². The Labute approximate surface area is 108 Å². The number of hydrogen-bond donors (Lipinski definition) is 1. The molecule has 2 N–H and O–H groups in total. The minimum atomic E-state index is 0.623. The van der Waals surface area contributed by atoms with Gasteiger partial charge in [-0.3, -0.25) is 0 Å². The normalized spacial score (nSPS) is 41.5. The molecule has 0 spiro atoms. The Bertz CT molecular complexity index is 437. The van der Waals surface area contributed by atoms with E-state index in [1.165, 1.54) is 37.7 Å². The third-order valence-electron chi connectivity index (χ3n) is 5.73. The molecule has 4 saturated carbocycles. The Kier molecular flexibility index (Phi) is 2.27. The fourth-order valence-electron chi connectivity index (χ4n) is 5.31. The van der Waals surface area contributed by atoms with Crippen LogP contribution < -0.4 is 5.73 Å². The van der Waals surface area contributed by atoms with E-state index in [0.717, 1.165) is 35.9 Å². The highest BCUT2D eigenvalue weighted by Crippen LogP contribution is 2.60. The molecule has 4 bridgehead atoms. The summed E-state index contributed by atoms with van der Waals surface area (Å²) >= 11 is 0. The van der Waals surface area contributed by atoms with Crippen molar-refractivity contribution in [3.8, 4) is 0 Å². The molecule has 1 aromatic rings. The third-order valence-corrected chi connectivity index (χ3v) is 5.73. The lowest BCUT2D eigenvalue weighted by molar-refractivity contribution is -0.0117. The average Bonchev–Trinajstić information content (AvgIpc) is 2.69. The highest BCUT2D eigenvalue weighted by molar-refractivity contribution is 5.42. The van der Waals surface area contributed by atoms with Gasteiger partial charge in [-0.05, 0) is 62.2 Å². The summed E-state index contributed by atoms with van der Waals surface area (Å²) in [7, 11) is 0. The van der Waals surface area contributed by atoms with Gasteiger partial charge in [0, 0.05) is 11.5 Å². The van der Waals surface area contributed by atoms with E-state index in [-0.39, 0.29) is 0 Å². The topological polar surface area (TPSA) is 52.0 Å². The third kappa shape index (κ3) is 1.39. The zero-order valence-corrected chi connectivity index (χ0v) is 11.1. The van der Waals surface area contributed by atoms with Crippen molar-refractivity contribution in [1.82, 2.24) is 5.16 Å². The lowest BCUT2D eigenvalue weighted by Gasteiger charge is -2.53. The molecule has 0 atom stereocenters. The van der Waals surface area contributed by atoms with Gasteiger partial charge in [0.25, 0.3) is 0 Å². The molecule has 18 heavy (non-hydrogen) atoms. The number of rotatable bonds is 2. The number of nitrogen functional groups attached to an aromatic ring is 1. The van der Waals surface area contributed by atoms with E-state index in [1.807, 2.05) is 0 Å². The fraction of sp³-hybridized carbons (Fsp3) is 0.800. The molecule has 3 heteroatoms. The van der Waals surface area contributed by atoms with Gasteiger partial charge in [0.15, 0.2) is 5.82 Å². The van der Waals surface area contributed by atoms with Crippen LogP contribution in [0.1, 0.15) is 56.3 Å². The zero-order valence-electron chi connectivity index (χ0n) is 11.1. The summed E-state index contributed by atoms with van der Waals surface area (Å²) in [6.07, 6.45) is 8.12. The van der Waals surface area contributed by atoms with Crippen LogP contribution in [0.4, 0.5) is 5.82 Å². The van der Waals surface area contributed by atoms with Gasteiger partial charge in [0.2, 0.25) is 0 Å². The van der Waals surface area contributed by atoms with Crippen molar-refractivity contribution >= 4 is 5.82 Å². The second-order valence-corrected chi connectivity index (χ2v) is 6.72. The Hall–Kier alpha value is -0.990. The van der Waals surface area contributed by atoms with Gasteiger partial charge in [-0.25, -0.2) is 0 Å². The average molecular weight is 246 g/mol. The van der Waals surface area contributed by atoms with Crippen molar-refractivity contribution in [1.29, 1.82) is 0 Å². The summed E-state index contributed by atoms with van der Waals surface area (Å²) in [5.74, 6) is 6.10. The number of aromatic nitrogens is 1. The summed E-state index contributed by atoms with van der Waals surface area (Å²) < 4.78 is 5.64. The van der Waals surface area contributed by atoms with Crippen molar-refractivity contribution in [3.63, 3.8) is 0 Å². The van der Waals surface area contributed by atoms with E-state index in [2.05, 4.69) is 12.1 Å². The number of nitrogens with zero attached hydrogens (tertiary/aromatic N) is 1. The molecule has 1 aromatic heterocycles. The van der Waals surface area contributed by atoms with Crippen LogP contribution in [0.25, 0.3) is 0 Å². The van der Waals surface area contributed by atoms with Crippen molar-refractivity contribution in [2.24, 2.45) is 23.7 Å². The lowest BCUT2D eigenvalue weighted by atomic mass is 9.51. The first-order valence-electron chi connectivity index (χ1n) is 7.50. The number of anilines is 1. The Balaban J connectivity index is 1.72. The summed E-state index contributed by atoms with van der Waals surface area (Å²) in [5, 5.41) is 4.02. The first kappa shape index (κ1) is 10.9. The SMILES string of the molecule is CCc1c(N)noc1C1C2CC3CC(C2)CC1C3. The highest BCUT2D eigenvalue weighted by Gasteiger charge is 2.50. The smallest absolute Gasteiger partial charge is 0.170 e. The van der Waals surface area contributed by atoms with Crippen LogP contribution in [0.15, 0.2) is 4.52 Å². The van der Waals surface area contributed by atoms with Crippen molar-refractivity contribution < 1.29 is 4.52 Å². The largest absolute Gasteiger partial charge is 0.381 e. The molecule has 5 rings (SSSR count). The lowest BCUT2D eigenvalue weighted by Crippen LogP contribution is -2.43. The van der Waals surface area contributed by atoms with Crippen LogP contribution in [0.3, 0.4) is 0 Å². The predicted molar refractivity (Wildman–Crippen MR) is 70.1 cm³/mol. The van der Waals surface area contributed by atoms with E-state index >= 15 is 0 Å². The molecular weight excluding hydrogens is 224 g/mol. The molecule has 4 aliphatic carbocycles. The summed E-state index contributed by atoms with van der Waals surface area (Å²) in [4.78, 5) is 0. The van der Waals surface area contributed by atoms with Crippen LogP contribution in [-0.4, -0.2) is 5.16 Å². The van der Waals surface area contributed by atoms with E-state index in [0.29, 0.717) is 11.7 Å². The summed E-state index contributed by atoms with van der Waals surface area (Å²) in [6.45, 7) is 2.16. The van der Waals surface area contributed by atoms with Gasteiger partial charge >= 0.3 is 0 Å². The van der Waals surface area contributed by atoms with Gasteiger partial charge in [-0.2, -0.15) is 0 Å². The zero-order chi connectivity index (χ0) is 12.3. The maximum atomic E-state index is 5.94. The maximum Gasteiger partial charge on any atom is 0.170 e. The van der Waals surface area contributed by atoms with Crippen molar-refractivity contribution in [3.05, 3.63) is 11.3 Å². The number of hydrogen-bond acceptors (Lipinski definition) is 3. The van der Waals surface area contributed by atoms with Gasteiger partial charge in [0.1, 0.15) is 5.76 Å². The Morgan fingerprint density at radius 2 is 1.72 bits per heavy atom. The quantitative estimate of drug-likeness (QED) is 0.870. The standard InChI is InChI=1S/C15H22N2O/c1-2-12-14(18-17-15(12)16)13-10-4-8-3-9(6-10)7-11(13)5-8/h8-11,13H,2-7H2,1H3,(H2,16,17). The molecule has 1 heterocycles. The molecule has 0 unspecified atom stereocenters. The second-order valence-electron chi connectivity index (χ2n) is 6.72. The molecule has 98 valence electrons. The first-order valence-corrected chi connectivity index (χ1v) is 7.50. The molecule has 4 fully saturated rings. The summed E-state index contributed by atoms with van der Waals surface area (Å²) in [6, 6.07) is 0. The minimum absolute atomic E-state index is 0.623. The minimum Gasteiger partial charge on any atom is -0.381 e. The van der Waals surface area contributed by atoms with E-state index in [1.54, 1.807) is 0 Å². The molecule has 4 aliphatic rings. The predicted octanol–water partition coefficient (Wildman–Crippen LogP) is 3.36. The van der Waals surface area contributed by atoms with Crippen molar-refractivity contribution in [2.75, 3.05) is 5.73 Å². The van der Waals surface area contributed by atoms with Gasteiger partial charge < -0.3 is 10.3 Å². The van der Waals surface area contributed by atoms with E-state index in [9.17, 15) is 0 Å². The maximum absolute atomic E-state index is 5.94. The first-order chi connectivity index (χ1) is 8.76. The monoisotopic (exact) mass is 246 g/mol. The van der Waals surface area contributed by atoms with Crippen LogP contribution in [0, 0.1) is 23.7 Å². The van der Waals surface area contributed by atoms with Crippen LogP contribution in [-0.2, 0) is 6.42 Å². The molecule has 0 aliphatic heterocycles. The molecular formula is C15H22N2O. The Morgan fingerprint density at radius 3 is 2.28 bits per heavy atom. The molecule has 0 aromatic carbocycles. The summed E-state index contributed by atoms with van der Waals surface area (Å²) in [5.41, 5.74) is 7.13. The van der Waals surface area contributed by atoms with Gasteiger partial charge in [-0.15, -0.1) is 0 Å². The second kappa shape index (κ2) is 3.75. The van der Waals surface area contributed by atoms with Crippen LogP contribution in [0.2, 0.25) is 0 Å². The number of nitrogens with two attached hydrogens (primary N) is 1. The van der Waals surface area contributed by atoms with Gasteiger partial charge in [0.05, 0.1) is 0 Å². The fourth-order valence-corrected chi connectivity index (χ4v) is 5.31. The highest BCUT2D eigenvalue weighted by atomic mass is 16.5. The van der Waals surface area contributed by atoms with Crippen LogP contribution >= 0.6 is 0 Å². The molecule has 0 radical (unpaired) electrons. The van der Waals surface area contributed by atoms with E-state index in [4.69, 9.17) is 10.3 Å². The molecule has 3 nitrogen and oxygen atoms in total. The Morgan fingerprint density at radius 1 is 1.11 bits per heavy atom.